The molecule has 126 valence electrons. The van der Waals surface area contributed by atoms with Crippen LogP contribution in [0, 0.1) is 0 Å². The molecule has 0 bridgehead atoms. The van der Waals surface area contributed by atoms with Crippen molar-refractivity contribution in [3.63, 3.8) is 0 Å². The van der Waals surface area contributed by atoms with Crippen LogP contribution in [-0.2, 0) is 12.8 Å². The first-order chi connectivity index (χ1) is 11.8. The van der Waals surface area contributed by atoms with Crippen molar-refractivity contribution >= 4 is 5.69 Å². The van der Waals surface area contributed by atoms with Crippen molar-refractivity contribution in [3.8, 4) is 11.1 Å². The van der Waals surface area contributed by atoms with E-state index in [0.717, 1.165) is 49.2 Å². The van der Waals surface area contributed by atoms with Crippen LogP contribution in [-0.4, -0.2) is 13.1 Å². The predicted octanol–water partition coefficient (Wildman–Crippen LogP) is 4.57. The van der Waals surface area contributed by atoms with Crippen LogP contribution in [0.5, 0.6) is 0 Å². The molecule has 1 aromatic heterocycles. The van der Waals surface area contributed by atoms with Crippen molar-refractivity contribution in [3.05, 3.63) is 52.1 Å². The molecule has 1 aliphatic heterocycles. The molecule has 24 heavy (non-hydrogen) atoms. The summed E-state index contributed by atoms with van der Waals surface area (Å²) in [7, 11) is 0. The van der Waals surface area contributed by atoms with Crippen LogP contribution in [0.4, 0.5) is 5.69 Å². The van der Waals surface area contributed by atoms with Gasteiger partial charge in [-0.3, -0.25) is 0 Å². The highest BCUT2D eigenvalue weighted by Gasteiger charge is 2.26. The Morgan fingerprint density at radius 3 is 2.33 bits per heavy atom. The van der Waals surface area contributed by atoms with Crippen molar-refractivity contribution in [1.82, 2.24) is 0 Å². The molecule has 0 atom stereocenters. The normalized spacial score (nSPS) is 18.1. The molecule has 3 nitrogen and oxygen atoms in total. The zero-order valence-electron chi connectivity index (χ0n) is 14.2. The summed E-state index contributed by atoms with van der Waals surface area (Å²) in [4.78, 5) is 15.3. The lowest BCUT2D eigenvalue weighted by Crippen LogP contribution is -2.32. The van der Waals surface area contributed by atoms with E-state index in [1.807, 2.05) is 30.3 Å². The fourth-order valence-electron chi connectivity index (χ4n) is 4.15. The first kappa shape index (κ1) is 15.5. The number of nitrogens with zero attached hydrogens (tertiary/aromatic N) is 1. The highest BCUT2D eigenvalue weighted by atomic mass is 16.4. The summed E-state index contributed by atoms with van der Waals surface area (Å²) in [5.74, 6) is 0.942. The van der Waals surface area contributed by atoms with Crippen molar-refractivity contribution in [1.29, 1.82) is 0 Å². The van der Waals surface area contributed by atoms with Crippen LogP contribution >= 0.6 is 0 Å². The summed E-state index contributed by atoms with van der Waals surface area (Å²) in [6.07, 6.45) is 9.19. The second-order valence-corrected chi connectivity index (χ2v) is 6.99. The molecule has 0 saturated carbocycles. The Hall–Kier alpha value is -2.03. The fourth-order valence-corrected chi connectivity index (χ4v) is 4.15. The smallest absolute Gasteiger partial charge is 0.345 e. The van der Waals surface area contributed by atoms with Crippen LogP contribution in [0.1, 0.15) is 49.8 Å². The van der Waals surface area contributed by atoms with Crippen LogP contribution in [0.25, 0.3) is 11.1 Å². The number of benzene rings is 1. The second-order valence-electron chi connectivity index (χ2n) is 6.99. The summed E-state index contributed by atoms with van der Waals surface area (Å²) >= 11 is 0. The number of fused-ring (bicyclic) bond motifs is 1. The fraction of sp³-hybridized carbons (Fsp3) is 0.476. The van der Waals surface area contributed by atoms with Crippen LogP contribution in [0.2, 0.25) is 0 Å². The summed E-state index contributed by atoms with van der Waals surface area (Å²) in [5.41, 5.74) is 4.07. The van der Waals surface area contributed by atoms with Crippen LogP contribution < -0.4 is 10.5 Å². The summed E-state index contributed by atoms with van der Waals surface area (Å²) in [6, 6.07) is 10.1. The third-order valence-corrected chi connectivity index (χ3v) is 5.34. The molecule has 0 spiro atoms. The Morgan fingerprint density at radius 2 is 1.54 bits per heavy atom. The van der Waals surface area contributed by atoms with Gasteiger partial charge in [0.2, 0.25) is 0 Å². The van der Waals surface area contributed by atoms with Gasteiger partial charge >= 0.3 is 5.63 Å². The van der Waals surface area contributed by atoms with E-state index in [1.54, 1.807) is 0 Å². The lowest BCUT2D eigenvalue weighted by atomic mass is 9.96. The molecule has 0 unspecified atom stereocenters. The van der Waals surface area contributed by atoms with Gasteiger partial charge in [-0.15, -0.1) is 0 Å². The standard InChI is InChI=1S/C21H25NO2/c23-21-19(16-10-4-1-5-11-16)20(22-14-8-3-9-15-22)17-12-6-2-7-13-18(17)24-21/h1,4-5,10-11H,2-3,6-9,12-15H2. The molecule has 0 N–H and O–H groups in total. The maximum atomic E-state index is 12.9. The summed E-state index contributed by atoms with van der Waals surface area (Å²) in [5, 5.41) is 0. The van der Waals surface area contributed by atoms with Gasteiger partial charge < -0.3 is 9.32 Å². The summed E-state index contributed by atoms with van der Waals surface area (Å²) < 4.78 is 5.81. The van der Waals surface area contributed by atoms with E-state index in [0.29, 0.717) is 0 Å². The minimum atomic E-state index is -0.164. The molecule has 1 aromatic carbocycles. The van der Waals surface area contributed by atoms with Gasteiger partial charge in [-0.05, 0) is 44.1 Å². The van der Waals surface area contributed by atoms with Crippen LogP contribution in [0.3, 0.4) is 0 Å². The van der Waals surface area contributed by atoms with E-state index >= 15 is 0 Å². The van der Waals surface area contributed by atoms with Crippen molar-refractivity contribution in [2.24, 2.45) is 0 Å². The molecule has 4 rings (SSSR count). The molecule has 2 aromatic rings. The Bertz CT molecular complexity index is 757. The molecule has 3 heteroatoms. The quantitative estimate of drug-likeness (QED) is 0.759. The third kappa shape index (κ3) is 2.88. The lowest BCUT2D eigenvalue weighted by Gasteiger charge is -2.32. The number of hydrogen-bond donors (Lipinski definition) is 0. The van der Waals surface area contributed by atoms with Gasteiger partial charge in [0, 0.05) is 25.1 Å². The van der Waals surface area contributed by atoms with Crippen molar-refractivity contribution < 1.29 is 4.42 Å². The number of anilines is 1. The Labute approximate surface area is 143 Å². The first-order valence-electron chi connectivity index (χ1n) is 9.34. The Balaban J connectivity index is 1.94. The van der Waals surface area contributed by atoms with Gasteiger partial charge in [0.1, 0.15) is 5.76 Å². The average Bonchev–Trinajstić information content (AvgIpc) is 2.87. The predicted molar refractivity (Wildman–Crippen MR) is 97.7 cm³/mol. The van der Waals surface area contributed by atoms with E-state index in [9.17, 15) is 4.79 Å². The van der Waals surface area contributed by atoms with Gasteiger partial charge in [-0.25, -0.2) is 4.79 Å². The molecule has 1 aliphatic carbocycles. The molecular weight excluding hydrogens is 298 g/mol. The van der Waals surface area contributed by atoms with E-state index in [4.69, 9.17) is 4.42 Å². The van der Waals surface area contributed by atoms with Gasteiger partial charge in [0.25, 0.3) is 0 Å². The molecule has 1 saturated heterocycles. The van der Waals surface area contributed by atoms with Gasteiger partial charge in [0.15, 0.2) is 0 Å². The van der Waals surface area contributed by atoms with Crippen LogP contribution in [0.15, 0.2) is 39.5 Å². The zero-order valence-corrected chi connectivity index (χ0v) is 14.2. The van der Waals surface area contributed by atoms with Crippen molar-refractivity contribution in [2.75, 3.05) is 18.0 Å². The topological polar surface area (TPSA) is 33.5 Å². The van der Waals surface area contributed by atoms with Crippen molar-refractivity contribution in [2.45, 2.75) is 51.4 Å². The number of aryl methyl sites for hydroxylation is 1. The second kappa shape index (κ2) is 6.84. The highest BCUT2D eigenvalue weighted by Crippen LogP contribution is 2.37. The Morgan fingerprint density at radius 1 is 0.833 bits per heavy atom. The number of rotatable bonds is 2. The maximum absolute atomic E-state index is 12.9. The molecule has 2 heterocycles. The van der Waals surface area contributed by atoms with E-state index in [1.165, 1.54) is 43.4 Å². The van der Waals surface area contributed by atoms with Gasteiger partial charge in [-0.1, -0.05) is 36.8 Å². The number of piperidine rings is 1. The molecule has 0 amide bonds. The zero-order chi connectivity index (χ0) is 16.4. The lowest BCUT2D eigenvalue weighted by molar-refractivity contribution is 0.452. The van der Waals surface area contributed by atoms with E-state index < -0.39 is 0 Å². The third-order valence-electron chi connectivity index (χ3n) is 5.34. The SMILES string of the molecule is O=c1oc2c(c(N3CCCCC3)c1-c1ccccc1)CCCCC2. The number of hydrogen-bond acceptors (Lipinski definition) is 3. The molecule has 0 radical (unpaired) electrons. The molecule has 1 fully saturated rings. The minimum absolute atomic E-state index is 0.164. The Kier molecular flexibility index (Phi) is 4.42. The molecular formula is C21H25NO2. The summed E-state index contributed by atoms with van der Waals surface area (Å²) in [6.45, 7) is 2.10. The average molecular weight is 323 g/mol. The first-order valence-corrected chi connectivity index (χ1v) is 9.34. The highest BCUT2D eigenvalue weighted by molar-refractivity contribution is 5.80. The van der Waals surface area contributed by atoms with Gasteiger partial charge in [0.05, 0.1) is 11.3 Å². The minimum Gasteiger partial charge on any atom is -0.427 e. The largest absolute Gasteiger partial charge is 0.427 e. The molecule has 2 aliphatic rings. The van der Waals surface area contributed by atoms with Gasteiger partial charge in [-0.2, -0.15) is 0 Å². The van der Waals surface area contributed by atoms with E-state index in [-0.39, 0.29) is 5.63 Å². The van der Waals surface area contributed by atoms with E-state index in [2.05, 4.69) is 4.90 Å². The maximum Gasteiger partial charge on any atom is 0.345 e. The monoisotopic (exact) mass is 323 g/mol.